The zero-order valence-corrected chi connectivity index (χ0v) is 13.0. The topological polar surface area (TPSA) is 70.1 Å². The van der Waals surface area contributed by atoms with Gasteiger partial charge in [0, 0.05) is 12.6 Å². The summed E-state index contributed by atoms with van der Waals surface area (Å²) in [7, 11) is 0. The highest BCUT2D eigenvalue weighted by molar-refractivity contribution is 6.43. The van der Waals surface area contributed by atoms with Crippen molar-refractivity contribution in [1.29, 1.82) is 0 Å². The molecule has 1 aromatic heterocycles. The quantitative estimate of drug-likeness (QED) is 0.747. The molecule has 0 aliphatic rings. The van der Waals surface area contributed by atoms with Crippen LogP contribution in [0.1, 0.15) is 5.69 Å². The fourth-order valence-electron chi connectivity index (χ4n) is 1.64. The number of alkyl halides is 3. The monoisotopic (exact) mass is 366 g/mol. The molecule has 0 aliphatic carbocycles. The highest BCUT2D eigenvalue weighted by atomic mass is 35.5. The molecule has 0 bridgehead atoms. The van der Waals surface area contributed by atoms with E-state index >= 15 is 0 Å². The number of aliphatic hydroxyl groups excluding tert-OH is 1. The number of nitrogens with one attached hydrogen (secondary N) is 2. The molecule has 0 amide bonds. The molecule has 0 saturated heterocycles. The standard InChI is InChI=1S/C13H11Cl2F3N4O/c14-7-2-1-3-8(11(7)15)20-10-6-9(13(16,17)18)21-12(22-10)19-4-5-23/h1-3,6,23H,4-5H2,(H2,19,20,21,22). The van der Waals surface area contributed by atoms with Crippen molar-refractivity contribution in [3.05, 3.63) is 40.0 Å². The Morgan fingerprint density at radius 3 is 2.57 bits per heavy atom. The van der Waals surface area contributed by atoms with Crippen LogP contribution in [0.15, 0.2) is 24.3 Å². The smallest absolute Gasteiger partial charge is 0.395 e. The van der Waals surface area contributed by atoms with Gasteiger partial charge in [0.25, 0.3) is 0 Å². The first-order chi connectivity index (χ1) is 10.8. The molecule has 0 saturated carbocycles. The van der Waals surface area contributed by atoms with Crippen LogP contribution in [0, 0.1) is 0 Å². The summed E-state index contributed by atoms with van der Waals surface area (Å²) in [5, 5.41) is 14.3. The van der Waals surface area contributed by atoms with Crippen LogP contribution in [0.25, 0.3) is 0 Å². The molecule has 5 nitrogen and oxygen atoms in total. The molecule has 1 heterocycles. The van der Waals surface area contributed by atoms with Gasteiger partial charge >= 0.3 is 6.18 Å². The number of halogens is 5. The van der Waals surface area contributed by atoms with Gasteiger partial charge in [-0.25, -0.2) is 4.98 Å². The first-order valence-electron chi connectivity index (χ1n) is 6.33. The number of benzene rings is 1. The summed E-state index contributed by atoms with van der Waals surface area (Å²) >= 11 is 11.8. The van der Waals surface area contributed by atoms with Gasteiger partial charge in [0.15, 0.2) is 5.69 Å². The molecule has 124 valence electrons. The molecular weight excluding hydrogens is 356 g/mol. The van der Waals surface area contributed by atoms with Gasteiger partial charge in [-0.2, -0.15) is 18.2 Å². The van der Waals surface area contributed by atoms with Crippen molar-refractivity contribution in [1.82, 2.24) is 9.97 Å². The number of rotatable bonds is 5. The first-order valence-corrected chi connectivity index (χ1v) is 7.09. The molecule has 1 aromatic carbocycles. The summed E-state index contributed by atoms with van der Waals surface area (Å²) in [6.07, 6.45) is -4.65. The Bertz CT molecular complexity index is 697. The van der Waals surface area contributed by atoms with E-state index in [1.807, 2.05) is 0 Å². The van der Waals surface area contributed by atoms with E-state index in [0.717, 1.165) is 6.07 Å². The van der Waals surface area contributed by atoms with Crippen LogP contribution in [0.3, 0.4) is 0 Å². The van der Waals surface area contributed by atoms with Crippen molar-refractivity contribution < 1.29 is 18.3 Å². The van der Waals surface area contributed by atoms with Crippen LogP contribution in [0.2, 0.25) is 10.0 Å². The number of nitrogens with zero attached hydrogens (tertiary/aromatic N) is 2. The number of anilines is 3. The van der Waals surface area contributed by atoms with Crippen LogP contribution < -0.4 is 10.6 Å². The van der Waals surface area contributed by atoms with Gasteiger partial charge in [-0.1, -0.05) is 29.3 Å². The lowest BCUT2D eigenvalue weighted by molar-refractivity contribution is -0.141. The molecule has 0 atom stereocenters. The van der Waals surface area contributed by atoms with Crippen LogP contribution in [0.4, 0.5) is 30.6 Å². The molecule has 0 spiro atoms. The lowest BCUT2D eigenvalue weighted by Gasteiger charge is -2.13. The van der Waals surface area contributed by atoms with Crippen molar-refractivity contribution in [3.63, 3.8) is 0 Å². The lowest BCUT2D eigenvalue weighted by Crippen LogP contribution is -2.15. The zero-order chi connectivity index (χ0) is 17.0. The summed E-state index contributed by atoms with van der Waals surface area (Å²) in [6.45, 7) is -0.263. The van der Waals surface area contributed by atoms with Gasteiger partial charge in [-0.15, -0.1) is 0 Å². The van der Waals surface area contributed by atoms with Gasteiger partial charge < -0.3 is 15.7 Å². The lowest BCUT2D eigenvalue weighted by atomic mass is 10.3. The number of aliphatic hydroxyl groups is 1. The average molecular weight is 367 g/mol. The first kappa shape index (κ1) is 17.6. The Balaban J connectivity index is 2.38. The molecule has 0 unspecified atom stereocenters. The van der Waals surface area contributed by atoms with E-state index in [1.165, 1.54) is 0 Å². The molecule has 2 rings (SSSR count). The minimum absolute atomic E-state index is 0.0126. The van der Waals surface area contributed by atoms with Gasteiger partial charge in [-0.05, 0) is 12.1 Å². The molecule has 0 aliphatic heterocycles. The minimum atomic E-state index is -4.65. The third kappa shape index (κ3) is 4.60. The van der Waals surface area contributed by atoms with Gasteiger partial charge in [0.05, 0.1) is 22.3 Å². The zero-order valence-electron chi connectivity index (χ0n) is 11.5. The van der Waals surface area contributed by atoms with Crippen LogP contribution in [-0.4, -0.2) is 28.2 Å². The van der Waals surface area contributed by atoms with Gasteiger partial charge in [0.2, 0.25) is 5.95 Å². The van der Waals surface area contributed by atoms with Gasteiger partial charge in [-0.3, -0.25) is 0 Å². The third-order valence-electron chi connectivity index (χ3n) is 2.63. The Labute approximate surface area is 139 Å². The highest BCUT2D eigenvalue weighted by Crippen LogP contribution is 2.33. The maximum Gasteiger partial charge on any atom is 0.433 e. The van der Waals surface area contributed by atoms with E-state index in [1.54, 1.807) is 18.2 Å². The number of hydrogen-bond donors (Lipinski definition) is 3. The van der Waals surface area contributed by atoms with E-state index in [0.29, 0.717) is 5.69 Å². The average Bonchev–Trinajstić information content (AvgIpc) is 2.49. The van der Waals surface area contributed by atoms with Crippen molar-refractivity contribution in [2.45, 2.75) is 6.18 Å². The maximum atomic E-state index is 12.9. The molecular formula is C13H11Cl2F3N4O. The van der Waals surface area contributed by atoms with Crippen LogP contribution in [0.5, 0.6) is 0 Å². The second-order valence-electron chi connectivity index (χ2n) is 4.34. The minimum Gasteiger partial charge on any atom is -0.395 e. The Hall–Kier alpha value is -1.77. The second-order valence-corrected chi connectivity index (χ2v) is 5.12. The SMILES string of the molecule is OCCNc1nc(Nc2cccc(Cl)c2Cl)cc(C(F)(F)F)n1. The summed E-state index contributed by atoms with van der Waals surface area (Å²) in [5.74, 6) is -0.383. The molecule has 3 N–H and O–H groups in total. The maximum absolute atomic E-state index is 12.9. The van der Waals surface area contributed by atoms with Crippen LogP contribution in [-0.2, 0) is 6.18 Å². The number of hydrogen-bond acceptors (Lipinski definition) is 5. The van der Waals surface area contributed by atoms with Crippen molar-refractivity contribution in [2.24, 2.45) is 0 Å². The second kappa shape index (κ2) is 7.20. The van der Waals surface area contributed by atoms with E-state index in [2.05, 4.69) is 20.6 Å². The molecule has 10 heteroatoms. The van der Waals surface area contributed by atoms with E-state index in [9.17, 15) is 13.2 Å². The summed E-state index contributed by atoms with van der Waals surface area (Å²) in [6, 6.07) is 5.43. The Morgan fingerprint density at radius 2 is 1.91 bits per heavy atom. The summed E-state index contributed by atoms with van der Waals surface area (Å²) in [4.78, 5) is 7.27. The highest BCUT2D eigenvalue weighted by Gasteiger charge is 2.33. The number of aromatic nitrogens is 2. The molecule has 0 fully saturated rings. The van der Waals surface area contributed by atoms with E-state index < -0.39 is 11.9 Å². The Kier molecular flexibility index (Phi) is 5.51. The third-order valence-corrected chi connectivity index (χ3v) is 3.44. The van der Waals surface area contributed by atoms with Crippen molar-refractivity contribution in [2.75, 3.05) is 23.8 Å². The molecule has 2 aromatic rings. The van der Waals surface area contributed by atoms with Crippen LogP contribution >= 0.6 is 23.2 Å². The largest absolute Gasteiger partial charge is 0.433 e. The summed E-state index contributed by atoms with van der Waals surface area (Å²) in [5.41, 5.74) is -0.826. The molecule has 23 heavy (non-hydrogen) atoms. The van der Waals surface area contributed by atoms with E-state index in [4.69, 9.17) is 28.3 Å². The van der Waals surface area contributed by atoms with Crippen molar-refractivity contribution >= 4 is 40.7 Å². The fraction of sp³-hybridized carbons (Fsp3) is 0.231. The summed E-state index contributed by atoms with van der Waals surface area (Å²) < 4.78 is 38.7. The van der Waals surface area contributed by atoms with Crippen molar-refractivity contribution in [3.8, 4) is 0 Å². The normalized spacial score (nSPS) is 11.4. The Morgan fingerprint density at radius 1 is 1.17 bits per heavy atom. The predicted molar refractivity (Wildman–Crippen MR) is 82.4 cm³/mol. The molecule has 0 radical (unpaired) electrons. The fourth-order valence-corrected chi connectivity index (χ4v) is 1.99. The van der Waals surface area contributed by atoms with Gasteiger partial charge in [0.1, 0.15) is 5.82 Å². The predicted octanol–water partition coefficient (Wildman–Crippen LogP) is 3.95. The van der Waals surface area contributed by atoms with E-state index in [-0.39, 0.29) is 35.0 Å².